The van der Waals surface area contributed by atoms with Crippen LogP contribution in [0.15, 0.2) is 24.3 Å². The monoisotopic (exact) mass is 476 g/mol. The summed E-state index contributed by atoms with van der Waals surface area (Å²) >= 11 is 0. The first-order valence-electron chi connectivity index (χ1n) is 10.9. The number of halogens is 2. The fourth-order valence-electron chi connectivity index (χ4n) is 3.52. The molecule has 0 aliphatic heterocycles. The molecule has 0 aliphatic carbocycles. The number of aromatic nitrogens is 1. The third-order valence-electron chi connectivity index (χ3n) is 5.50. The second-order valence-electron chi connectivity index (χ2n) is 8.38. The highest BCUT2D eigenvalue weighted by molar-refractivity contribution is 5.99. The number of nitrogens with two attached hydrogens (primary N) is 1. The van der Waals surface area contributed by atoms with Gasteiger partial charge in [-0.2, -0.15) is 4.39 Å². The summed E-state index contributed by atoms with van der Waals surface area (Å²) in [5.41, 5.74) is 5.88. The van der Waals surface area contributed by atoms with Gasteiger partial charge in [0.15, 0.2) is 0 Å². The second kappa shape index (κ2) is 11.6. The number of hydrogen-bond donors (Lipinski definition) is 4. The second-order valence-corrected chi connectivity index (χ2v) is 8.38. The summed E-state index contributed by atoms with van der Waals surface area (Å²) in [5, 5.41) is 15.1. The smallest absolute Gasteiger partial charge is 0.255 e. The first kappa shape index (κ1) is 26.8. The number of aryl methyl sites for hydroxylation is 1. The Kier molecular flexibility index (Phi) is 9.19. The lowest BCUT2D eigenvalue weighted by atomic mass is 9.97. The molecule has 1 heterocycles. The summed E-state index contributed by atoms with van der Waals surface area (Å²) in [6.07, 6.45) is 0.148. The molecule has 184 valence electrons. The fraction of sp³-hybridized carbons (Fsp3) is 0.417. The Hall–Kier alpha value is -3.40. The molecule has 0 fully saturated rings. The van der Waals surface area contributed by atoms with E-state index in [0.717, 1.165) is 0 Å². The van der Waals surface area contributed by atoms with Gasteiger partial charge < -0.3 is 26.3 Å². The molecule has 1 aromatic heterocycles. The summed E-state index contributed by atoms with van der Waals surface area (Å²) in [6.45, 7) is 5.67. The van der Waals surface area contributed by atoms with E-state index in [1.807, 2.05) is 0 Å². The Labute approximate surface area is 197 Å². The molecule has 10 heteroatoms. The molecular weight excluding hydrogens is 446 g/mol. The Morgan fingerprint density at radius 2 is 1.79 bits per heavy atom. The zero-order chi connectivity index (χ0) is 25.6. The van der Waals surface area contributed by atoms with Crippen LogP contribution < -0.4 is 16.4 Å². The molecule has 34 heavy (non-hydrogen) atoms. The number of nitrogens with zero attached hydrogens (tertiary/aromatic N) is 1. The molecule has 2 amide bonds. The highest BCUT2D eigenvalue weighted by Gasteiger charge is 2.29. The van der Waals surface area contributed by atoms with Crippen molar-refractivity contribution in [2.45, 2.75) is 65.1 Å². The molecule has 0 unspecified atom stereocenters. The van der Waals surface area contributed by atoms with Crippen LogP contribution in [0.2, 0.25) is 0 Å². The minimum absolute atomic E-state index is 0.00691. The molecule has 3 atom stereocenters. The number of carbonyl (C=O) groups excluding carboxylic acids is 3. The average Bonchev–Trinajstić information content (AvgIpc) is 2.76. The number of phenolic OH excluding ortho intramolecular Hbond substituents is 1. The molecule has 0 spiro atoms. The predicted molar refractivity (Wildman–Crippen MR) is 122 cm³/mol. The van der Waals surface area contributed by atoms with Crippen LogP contribution in [-0.4, -0.2) is 45.8 Å². The predicted octanol–water partition coefficient (Wildman–Crippen LogP) is 2.22. The molecule has 8 nitrogen and oxygen atoms in total. The van der Waals surface area contributed by atoms with Crippen LogP contribution in [0.5, 0.6) is 5.75 Å². The van der Waals surface area contributed by atoms with Crippen molar-refractivity contribution in [1.82, 2.24) is 15.6 Å². The number of para-hydroxylation sites is 1. The van der Waals surface area contributed by atoms with Crippen molar-refractivity contribution in [2.75, 3.05) is 0 Å². The molecule has 2 aromatic rings. The maximum atomic E-state index is 14.5. The standard InChI is InChI=1S/C24H30F2N4O4/c1-12(31)9-10-16(11-18-13(2)20(25)15(4)28-22(18)26)29-24(34)21(14(3)27)30-23(33)17-7-5-6-8-19(17)32/h5-8,14,16,21,32H,9-11,27H2,1-4H3,(H,29,34)(H,30,33)/t14-,16-,21+/m1/s1. The van der Waals surface area contributed by atoms with Gasteiger partial charge in [0, 0.05) is 24.1 Å². The third kappa shape index (κ3) is 6.80. The summed E-state index contributed by atoms with van der Waals surface area (Å²) in [7, 11) is 0. The molecule has 0 bridgehead atoms. The molecule has 0 aliphatic rings. The van der Waals surface area contributed by atoms with Crippen molar-refractivity contribution in [3.05, 3.63) is 58.4 Å². The van der Waals surface area contributed by atoms with Crippen LogP contribution in [0.3, 0.4) is 0 Å². The Morgan fingerprint density at radius 1 is 1.15 bits per heavy atom. The Balaban J connectivity index is 2.25. The van der Waals surface area contributed by atoms with Gasteiger partial charge in [-0.25, -0.2) is 9.37 Å². The number of Topliss-reactive ketones (excluding diaryl/α,β-unsaturated/α-hetero) is 1. The number of pyridine rings is 1. The van der Waals surface area contributed by atoms with Crippen molar-refractivity contribution < 1.29 is 28.3 Å². The van der Waals surface area contributed by atoms with Gasteiger partial charge in [-0.05, 0) is 58.2 Å². The van der Waals surface area contributed by atoms with Crippen LogP contribution in [0.25, 0.3) is 0 Å². The van der Waals surface area contributed by atoms with Gasteiger partial charge in [-0.15, -0.1) is 0 Å². The number of nitrogens with one attached hydrogen (secondary N) is 2. The van der Waals surface area contributed by atoms with E-state index in [0.29, 0.717) is 0 Å². The van der Waals surface area contributed by atoms with Crippen LogP contribution in [-0.2, 0) is 16.0 Å². The summed E-state index contributed by atoms with van der Waals surface area (Å²) in [4.78, 5) is 40.7. The van der Waals surface area contributed by atoms with Gasteiger partial charge in [0.1, 0.15) is 23.4 Å². The maximum Gasteiger partial charge on any atom is 0.255 e. The number of carbonyl (C=O) groups is 3. The van der Waals surface area contributed by atoms with Crippen molar-refractivity contribution in [3.63, 3.8) is 0 Å². The molecule has 0 saturated heterocycles. The Bertz CT molecular complexity index is 1080. The fourth-order valence-corrected chi connectivity index (χ4v) is 3.52. The molecule has 0 saturated carbocycles. The van der Waals surface area contributed by atoms with Crippen LogP contribution in [0.4, 0.5) is 8.78 Å². The normalized spacial score (nSPS) is 13.6. The van der Waals surface area contributed by atoms with E-state index in [1.54, 1.807) is 12.1 Å². The number of rotatable bonds is 10. The van der Waals surface area contributed by atoms with Gasteiger partial charge >= 0.3 is 0 Å². The third-order valence-corrected chi connectivity index (χ3v) is 5.50. The number of ketones is 1. The molecule has 5 N–H and O–H groups in total. The molecular formula is C24H30F2N4O4. The van der Waals surface area contributed by atoms with Gasteiger partial charge in [0.2, 0.25) is 11.9 Å². The van der Waals surface area contributed by atoms with Crippen molar-refractivity contribution in [1.29, 1.82) is 0 Å². The highest BCUT2D eigenvalue weighted by Crippen LogP contribution is 2.21. The maximum absolute atomic E-state index is 14.5. The average molecular weight is 477 g/mol. The summed E-state index contributed by atoms with van der Waals surface area (Å²) in [6, 6.07) is 3.06. The van der Waals surface area contributed by atoms with Gasteiger partial charge in [0.25, 0.3) is 5.91 Å². The van der Waals surface area contributed by atoms with Crippen molar-refractivity contribution >= 4 is 17.6 Å². The topological polar surface area (TPSA) is 134 Å². The summed E-state index contributed by atoms with van der Waals surface area (Å²) < 4.78 is 28.8. The zero-order valence-electron chi connectivity index (χ0n) is 19.6. The molecule has 1 aromatic carbocycles. The number of hydrogen-bond acceptors (Lipinski definition) is 6. The van der Waals surface area contributed by atoms with E-state index in [1.165, 1.54) is 39.8 Å². The van der Waals surface area contributed by atoms with Crippen LogP contribution in [0.1, 0.15) is 53.9 Å². The lowest BCUT2D eigenvalue weighted by Crippen LogP contribution is -2.57. The number of benzene rings is 1. The van der Waals surface area contributed by atoms with E-state index in [9.17, 15) is 28.3 Å². The van der Waals surface area contributed by atoms with Crippen LogP contribution >= 0.6 is 0 Å². The molecule has 0 radical (unpaired) electrons. The SMILES string of the molecule is CC(=O)CC[C@H](Cc1c(F)nc(C)c(F)c1C)NC(=O)[C@@H](NC(=O)c1ccccc1O)[C@@H](C)N. The zero-order valence-corrected chi connectivity index (χ0v) is 19.6. The van der Waals surface area contributed by atoms with Gasteiger partial charge in [0.05, 0.1) is 11.3 Å². The highest BCUT2D eigenvalue weighted by atomic mass is 19.1. The molecule has 2 rings (SSSR count). The van der Waals surface area contributed by atoms with E-state index < -0.39 is 41.7 Å². The first-order chi connectivity index (χ1) is 15.9. The first-order valence-corrected chi connectivity index (χ1v) is 10.9. The number of aromatic hydroxyl groups is 1. The van der Waals surface area contributed by atoms with Gasteiger partial charge in [-0.1, -0.05) is 12.1 Å². The van der Waals surface area contributed by atoms with Gasteiger partial charge in [-0.3, -0.25) is 9.59 Å². The van der Waals surface area contributed by atoms with E-state index in [2.05, 4.69) is 15.6 Å². The van der Waals surface area contributed by atoms with Crippen LogP contribution in [0, 0.1) is 25.6 Å². The van der Waals surface area contributed by atoms with E-state index >= 15 is 0 Å². The largest absolute Gasteiger partial charge is 0.507 e. The van der Waals surface area contributed by atoms with Crippen molar-refractivity contribution in [2.24, 2.45) is 5.73 Å². The minimum atomic E-state index is -1.19. The number of amides is 2. The summed E-state index contributed by atoms with van der Waals surface area (Å²) in [5.74, 6) is -3.26. The quantitative estimate of drug-likeness (QED) is 0.389. The lowest BCUT2D eigenvalue weighted by molar-refractivity contribution is -0.124. The van der Waals surface area contributed by atoms with E-state index in [-0.39, 0.29) is 53.2 Å². The van der Waals surface area contributed by atoms with Crippen molar-refractivity contribution in [3.8, 4) is 5.75 Å². The minimum Gasteiger partial charge on any atom is -0.507 e. The number of phenols is 1. The lowest BCUT2D eigenvalue weighted by Gasteiger charge is -2.26. The van der Waals surface area contributed by atoms with E-state index in [4.69, 9.17) is 5.73 Å². The Morgan fingerprint density at radius 3 is 2.38 bits per heavy atom.